The maximum Gasteiger partial charge on any atom is 0.230 e. The average Bonchev–Trinajstić information content (AvgIpc) is 2.37. The molecule has 3 N–H and O–H groups in total. The van der Waals surface area contributed by atoms with Crippen LogP contribution in [-0.4, -0.2) is 17.7 Å². The van der Waals surface area contributed by atoms with Crippen molar-refractivity contribution in [2.45, 2.75) is 44.6 Å². The summed E-state index contributed by atoms with van der Waals surface area (Å²) >= 11 is 1.50. The van der Waals surface area contributed by atoms with Crippen LogP contribution in [0.15, 0.2) is 23.1 Å². The van der Waals surface area contributed by atoms with Gasteiger partial charge in [0.05, 0.1) is 5.75 Å². The quantitative estimate of drug-likeness (QED) is 0.615. The Kier molecular flexibility index (Phi) is 6.05. The van der Waals surface area contributed by atoms with Crippen LogP contribution in [0.2, 0.25) is 0 Å². The van der Waals surface area contributed by atoms with Crippen LogP contribution in [0.4, 0.5) is 5.69 Å². The molecule has 1 aromatic rings. The van der Waals surface area contributed by atoms with Crippen molar-refractivity contribution in [2.75, 3.05) is 11.5 Å². The zero-order chi connectivity index (χ0) is 13.5. The van der Waals surface area contributed by atoms with Crippen molar-refractivity contribution >= 4 is 23.4 Å². The fourth-order valence-electron chi connectivity index (χ4n) is 1.69. The minimum absolute atomic E-state index is 0.0783. The molecule has 0 heterocycles. The van der Waals surface area contributed by atoms with Crippen molar-refractivity contribution in [3.8, 4) is 0 Å². The van der Waals surface area contributed by atoms with Crippen molar-refractivity contribution in [1.29, 1.82) is 0 Å². The third kappa shape index (κ3) is 4.26. The highest BCUT2D eigenvalue weighted by atomic mass is 32.2. The molecule has 0 aliphatic rings. The topological polar surface area (TPSA) is 55.1 Å². The zero-order valence-electron chi connectivity index (χ0n) is 11.3. The summed E-state index contributed by atoms with van der Waals surface area (Å²) in [6, 6.07) is 6.18. The molecule has 18 heavy (non-hydrogen) atoms. The van der Waals surface area contributed by atoms with Gasteiger partial charge in [-0.3, -0.25) is 4.79 Å². The van der Waals surface area contributed by atoms with E-state index in [1.165, 1.54) is 11.8 Å². The number of benzene rings is 1. The van der Waals surface area contributed by atoms with Gasteiger partial charge in [-0.2, -0.15) is 0 Å². The van der Waals surface area contributed by atoms with E-state index in [9.17, 15) is 4.79 Å². The second-order valence-electron chi connectivity index (χ2n) is 4.36. The Bertz CT molecular complexity index is 403. The number of nitrogen functional groups attached to an aromatic ring is 1. The van der Waals surface area contributed by atoms with Crippen LogP contribution in [-0.2, 0) is 4.79 Å². The molecular weight excluding hydrogens is 244 g/mol. The second-order valence-corrected chi connectivity index (χ2v) is 5.37. The summed E-state index contributed by atoms with van der Waals surface area (Å²) in [6.07, 6.45) is 1.94. The molecule has 0 radical (unpaired) electrons. The van der Waals surface area contributed by atoms with Crippen molar-refractivity contribution in [2.24, 2.45) is 0 Å². The second kappa shape index (κ2) is 7.31. The standard InChI is InChI=1S/C14H22N2OS/c1-4-11(5-2)16-13(17)9-18-12-8-6-7-10(3)14(12)15/h6-8,11H,4-5,9,15H2,1-3H3,(H,16,17). The maximum atomic E-state index is 11.8. The minimum atomic E-state index is 0.0783. The Morgan fingerprint density at radius 3 is 2.67 bits per heavy atom. The molecule has 1 amide bonds. The molecule has 1 aromatic carbocycles. The Morgan fingerprint density at radius 2 is 2.06 bits per heavy atom. The first-order valence-electron chi connectivity index (χ1n) is 6.35. The predicted molar refractivity (Wildman–Crippen MR) is 78.8 cm³/mol. The molecule has 1 rings (SSSR count). The first kappa shape index (κ1) is 14.9. The summed E-state index contributed by atoms with van der Waals surface area (Å²) < 4.78 is 0. The number of carbonyl (C=O) groups excluding carboxylic acids is 1. The first-order valence-corrected chi connectivity index (χ1v) is 7.34. The summed E-state index contributed by atoms with van der Waals surface area (Å²) in [7, 11) is 0. The van der Waals surface area contributed by atoms with E-state index in [1.54, 1.807) is 0 Å². The monoisotopic (exact) mass is 266 g/mol. The van der Waals surface area contributed by atoms with Gasteiger partial charge in [-0.1, -0.05) is 26.0 Å². The number of aryl methyl sites for hydroxylation is 1. The highest BCUT2D eigenvalue weighted by molar-refractivity contribution is 8.00. The number of anilines is 1. The molecule has 0 aliphatic heterocycles. The summed E-state index contributed by atoms with van der Waals surface area (Å²) in [4.78, 5) is 12.7. The van der Waals surface area contributed by atoms with Crippen LogP contribution < -0.4 is 11.1 Å². The first-order chi connectivity index (χ1) is 8.58. The SMILES string of the molecule is CCC(CC)NC(=O)CSc1cccc(C)c1N. The third-order valence-electron chi connectivity index (χ3n) is 2.99. The lowest BCUT2D eigenvalue weighted by atomic mass is 10.2. The molecule has 0 spiro atoms. The van der Waals surface area contributed by atoms with Gasteiger partial charge in [-0.05, 0) is 31.4 Å². The largest absolute Gasteiger partial charge is 0.398 e. The number of amides is 1. The maximum absolute atomic E-state index is 11.8. The van der Waals surface area contributed by atoms with Crippen LogP contribution >= 0.6 is 11.8 Å². The number of hydrogen-bond donors (Lipinski definition) is 2. The fourth-order valence-corrected chi connectivity index (χ4v) is 2.55. The summed E-state index contributed by atoms with van der Waals surface area (Å²) in [5.74, 6) is 0.499. The fraction of sp³-hybridized carbons (Fsp3) is 0.500. The Balaban J connectivity index is 2.50. The molecule has 0 fully saturated rings. The molecule has 4 heteroatoms. The van der Waals surface area contributed by atoms with E-state index >= 15 is 0 Å². The van der Waals surface area contributed by atoms with Gasteiger partial charge in [0.2, 0.25) is 5.91 Å². The Hall–Kier alpha value is -1.16. The smallest absolute Gasteiger partial charge is 0.230 e. The molecule has 3 nitrogen and oxygen atoms in total. The molecule has 0 saturated carbocycles. The summed E-state index contributed by atoms with van der Waals surface area (Å²) in [5, 5.41) is 3.02. The number of thioether (sulfide) groups is 1. The highest BCUT2D eigenvalue weighted by Gasteiger charge is 2.10. The number of nitrogens with one attached hydrogen (secondary N) is 1. The number of rotatable bonds is 6. The van der Waals surface area contributed by atoms with Crippen molar-refractivity contribution in [3.05, 3.63) is 23.8 Å². The lowest BCUT2D eigenvalue weighted by Gasteiger charge is -2.14. The molecule has 0 bridgehead atoms. The molecule has 0 unspecified atom stereocenters. The Morgan fingerprint density at radius 1 is 1.39 bits per heavy atom. The summed E-state index contributed by atoms with van der Waals surface area (Å²) in [5.41, 5.74) is 7.80. The lowest BCUT2D eigenvalue weighted by molar-refractivity contribution is -0.119. The highest BCUT2D eigenvalue weighted by Crippen LogP contribution is 2.27. The van der Waals surface area contributed by atoms with E-state index in [4.69, 9.17) is 5.73 Å². The van der Waals surface area contributed by atoms with Crippen molar-refractivity contribution < 1.29 is 4.79 Å². The van der Waals surface area contributed by atoms with Gasteiger partial charge in [0, 0.05) is 16.6 Å². The van der Waals surface area contributed by atoms with E-state index in [0.29, 0.717) is 5.75 Å². The van der Waals surface area contributed by atoms with Crippen molar-refractivity contribution in [3.63, 3.8) is 0 Å². The predicted octanol–water partition coefficient (Wildman–Crippen LogP) is 2.97. The van der Waals surface area contributed by atoms with Gasteiger partial charge < -0.3 is 11.1 Å². The van der Waals surface area contributed by atoms with Gasteiger partial charge in [-0.15, -0.1) is 11.8 Å². The average molecular weight is 266 g/mol. The van der Waals surface area contributed by atoms with E-state index in [0.717, 1.165) is 29.0 Å². The van der Waals surface area contributed by atoms with E-state index in [-0.39, 0.29) is 11.9 Å². The van der Waals surface area contributed by atoms with E-state index in [2.05, 4.69) is 19.2 Å². The van der Waals surface area contributed by atoms with Crippen LogP contribution in [0.5, 0.6) is 0 Å². The molecule has 0 aliphatic carbocycles. The van der Waals surface area contributed by atoms with Crippen LogP contribution in [0.3, 0.4) is 0 Å². The van der Waals surface area contributed by atoms with Gasteiger partial charge in [-0.25, -0.2) is 0 Å². The third-order valence-corrected chi connectivity index (χ3v) is 4.07. The number of hydrogen-bond acceptors (Lipinski definition) is 3. The molecular formula is C14H22N2OS. The number of nitrogens with two attached hydrogens (primary N) is 1. The molecule has 0 saturated heterocycles. The van der Waals surface area contributed by atoms with Gasteiger partial charge >= 0.3 is 0 Å². The lowest BCUT2D eigenvalue weighted by Crippen LogP contribution is -2.35. The Labute approximate surface area is 114 Å². The number of carbonyl (C=O) groups is 1. The van der Waals surface area contributed by atoms with E-state index in [1.807, 2.05) is 25.1 Å². The normalized spacial score (nSPS) is 10.7. The zero-order valence-corrected chi connectivity index (χ0v) is 12.1. The van der Waals surface area contributed by atoms with Crippen molar-refractivity contribution in [1.82, 2.24) is 5.32 Å². The van der Waals surface area contributed by atoms with Gasteiger partial charge in [0.15, 0.2) is 0 Å². The molecule has 0 aromatic heterocycles. The van der Waals surface area contributed by atoms with Gasteiger partial charge in [0.1, 0.15) is 0 Å². The van der Waals surface area contributed by atoms with E-state index < -0.39 is 0 Å². The minimum Gasteiger partial charge on any atom is -0.398 e. The van der Waals surface area contributed by atoms with Crippen LogP contribution in [0.1, 0.15) is 32.3 Å². The van der Waals surface area contributed by atoms with Crippen LogP contribution in [0, 0.1) is 6.92 Å². The number of para-hydroxylation sites is 1. The molecule has 0 atom stereocenters. The summed E-state index contributed by atoms with van der Waals surface area (Å²) in [6.45, 7) is 6.14. The van der Waals surface area contributed by atoms with Gasteiger partial charge in [0.25, 0.3) is 0 Å². The van der Waals surface area contributed by atoms with Crippen LogP contribution in [0.25, 0.3) is 0 Å². The molecule has 100 valence electrons.